The lowest BCUT2D eigenvalue weighted by atomic mass is 10.4. The van der Waals surface area contributed by atoms with Gasteiger partial charge in [-0.1, -0.05) is 26.8 Å². The number of allylic oxidation sites excluding steroid dienone is 1. The van der Waals surface area contributed by atoms with Crippen molar-refractivity contribution in [3.05, 3.63) is 27.9 Å². The van der Waals surface area contributed by atoms with Crippen LogP contribution in [0.3, 0.4) is 0 Å². The summed E-state index contributed by atoms with van der Waals surface area (Å²) in [6, 6.07) is 0. The highest BCUT2D eigenvalue weighted by Crippen LogP contribution is 2.15. The number of fused-ring (bicyclic) bond motifs is 1. The van der Waals surface area contributed by atoms with Crippen molar-refractivity contribution in [2.45, 2.75) is 0 Å². The first-order chi connectivity index (χ1) is 4.97. The predicted molar refractivity (Wildman–Crippen MR) is 49.8 cm³/mol. The largest absolute Gasteiger partial charge is 0.253 e. The van der Waals surface area contributed by atoms with Crippen LogP contribution in [0.25, 0.3) is 6.08 Å². The molecule has 0 atom stereocenters. The van der Waals surface area contributed by atoms with Crippen molar-refractivity contribution in [2.24, 2.45) is 0 Å². The van der Waals surface area contributed by atoms with E-state index >= 15 is 0 Å². The van der Waals surface area contributed by atoms with E-state index < -0.39 is 0 Å². The molecule has 0 aromatic carbocycles. The highest BCUT2D eigenvalue weighted by Gasteiger charge is 1.99. The van der Waals surface area contributed by atoms with Crippen LogP contribution in [-0.4, -0.2) is 14.0 Å². The van der Waals surface area contributed by atoms with Crippen LogP contribution < -0.4 is 0 Å². The average molecular weight is 244 g/mol. The van der Waals surface area contributed by atoms with E-state index in [9.17, 15) is 0 Å². The molecule has 2 nitrogen and oxygen atoms in total. The summed E-state index contributed by atoms with van der Waals surface area (Å²) in [6.07, 6.45) is 7.56. The molecule has 1 aliphatic heterocycles. The molecule has 1 aliphatic rings. The van der Waals surface area contributed by atoms with Gasteiger partial charge in [0.2, 0.25) is 0 Å². The molecule has 0 spiro atoms. The molecule has 0 radical (unpaired) electrons. The summed E-state index contributed by atoms with van der Waals surface area (Å²) >= 11 is 0.00958. The Morgan fingerprint density at radius 3 is 3.00 bits per heavy atom. The normalized spacial score (nSPS) is 14.0. The summed E-state index contributed by atoms with van der Waals surface area (Å²) in [4.78, 5) is 8.40. The summed E-state index contributed by atoms with van der Waals surface area (Å²) in [5.74, 6) is 0. The van der Waals surface area contributed by atoms with Crippen LogP contribution in [0.1, 0.15) is 5.69 Å². The van der Waals surface area contributed by atoms with Gasteiger partial charge < -0.3 is 0 Å². The van der Waals surface area contributed by atoms with Crippen molar-refractivity contribution >= 4 is 30.8 Å². The summed E-state index contributed by atoms with van der Waals surface area (Å²) in [5.41, 5.74) is 1.05. The van der Waals surface area contributed by atoms with E-state index in [0.717, 1.165) is 5.69 Å². The van der Waals surface area contributed by atoms with E-state index in [4.69, 9.17) is 0 Å². The van der Waals surface area contributed by atoms with E-state index in [1.54, 1.807) is 12.4 Å². The number of aromatic nitrogens is 2. The molecule has 0 N–H and O–H groups in total. The van der Waals surface area contributed by atoms with Crippen molar-refractivity contribution in [1.29, 1.82) is 0 Å². The first-order valence-corrected chi connectivity index (χ1v) is 5.23. The molecule has 3 heteroatoms. The van der Waals surface area contributed by atoms with Crippen molar-refractivity contribution in [3.8, 4) is 0 Å². The third kappa shape index (κ3) is 1.01. The van der Waals surface area contributed by atoms with E-state index in [2.05, 4.69) is 20.1 Å². The summed E-state index contributed by atoms with van der Waals surface area (Å²) < 4.78 is 3.37. The Labute approximate surface area is 68.8 Å². The van der Waals surface area contributed by atoms with Crippen LogP contribution in [0, 0.1) is 3.70 Å². The maximum absolute atomic E-state index is 4.22. The maximum Gasteiger partial charge on any atom is 0.121 e. The molecular weight excluding hydrogens is 239 g/mol. The molecular formula is C7H5IN2. The minimum atomic E-state index is 0.00958. The molecule has 1 aromatic heterocycles. The number of halogens is 1. The zero-order valence-electron chi connectivity index (χ0n) is 5.16. The second-order valence-corrected chi connectivity index (χ2v) is 4.19. The average Bonchev–Trinajstić information content (AvgIpc) is 2.05. The molecule has 0 saturated heterocycles. The van der Waals surface area contributed by atoms with Crippen LogP contribution in [-0.2, 0) is 0 Å². The van der Waals surface area contributed by atoms with Gasteiger partial charge in [-0.2, -0.15) is 0 Å². The van der Waals surface area contributed by atoms with Gasteiger partial charge in [0.15, 0.2) is 0 Å². The van der Waals surface area contributed by atoms with E-state index in [1.807, 2.05) is 6.08 Å². The Hall–Kier alpha value is -0.580. The molecule has 2 heterocycles. The zero-order chi connectivity index (χ0) is 6.81. The molecule has 0 fully saturated rings. The van der Waals surface area contributed by atoms with Crippen LogP contribution in [0.2, 0.25) is 0 Å². The van der Waals surface area contributed by atoms with E-state index in [1.165, 1.54) is 3.70 Å². The second-order valence-electron chi connectivity index (χ2n) is 1.83. The second kappa shape index (κ2) is 2.57. The quantitative estimate of drug-likeness (QED) is 0.645. The lowest BCUT2D eigenvalue weighted by molar-refractivity contribution is 1.14. The Kier molecular flexibility index (Phi) is 1.58. The van der Waals surface area contributed by atoms with Crippen molar-refractivity contribution in [3.63, 3.8) is 0 Å². The highest BCUT2D eigenvalue weighted by molar-refractivity contribution is 14.2. The van der Waals surface area contributed by atoms with Crippen LogP contribution in [0.5, 0.6) is 0 Å². The lowest BCUT2D eigenvalue weighted by Crippen LogP contribution is -1.91. The molecule has 0 bridgehead atoms. The standard InChI is InChI=1S/C7H5IN2/c1-2-6-7(8-3-1)10-5-4-9-6/h1-5H. The third-order valence-corrected chi connectivity index (χ3v) is 3.37. The number of rotatable bonds is 0. The Morgan fingerprint density at radius 1 is 1.20 bits per heavy atom. The third-order valence-electron chi connectivity index (χ3n) is 1.17. The fourth-order valence-corrected chi connectivity index (χ4v) is 2.47. The maximum atomic E-state index is 4.22. The molecule has 0 aliphatic carbocycles. The van der Waals surface area contributed by atoms with Crippen LogP contribution >= 0.6 is 20.7 Å². The first kappa shape index (κ1) is 6.15. The minimum Gasteiger partial charge on any atom is -0.253 e. The number of hydrogen-bond donors (Lipinski definition) is 0. The van der Waals surface area contributed by atoms with Gasteiger partial charge in [-0.3, -0.25) is 4.98 Å². The van der Waals surface area contributed by atoms with Gasteiger partial charge in [-0.05, 0) is 10.1 Å². The van der Waals surface area contributed by atoms with Crippen molar-refractivity contribution in [1.82, 2.24) is 9.97 Å². The fraction of sp³-hybridized carbons (Fsp3) is 0. The Balaban J connectivity index is 2.65. The smallest absolute Gasteiger partial charge is 0.121 e. The zero-order valence-corrected chi connectivity index (χ0v) is 7.32. The molecule has 1 aromatic rings. The summed E-state index contributed by atoms with van der Waals surface area (Å²) in [7, 11) is 0. The van der Waals surface area contributed by atoms with Crippen molar-refractivity contribution < 1.29 is 0 Å². The molecule has 10 heavy (non-hydrogen) atoms. The van der Waals surface area contributed by atoms with Crippen molar-refractivity contribution in [2.75, 3.05) is 0 Å². The van der Waals surface area contributed by atoms with Gasteiger partial charge in [-0.25, -0.2) is 4.98 Å². The van der Waals surface area contributed by atoms with E-state index in [-0.39, 0.29) is 20.7 Å². The Bertz CT molecular complexity index is 273. The summed E-state index contributed by atoms with van der Waals surface area (Å²) in [5, 5.41) is 0. The van der Waals surface area contributed by atoms with E-state index in [0.29, 0.717) is 0 Å². The van der Waals surface area contributed by atoms with Gasteiger partial charge in [-0.15, -0.1) is 0 Å². The van der Waals surface area contributed by atoms with Gasteiger partial charge in [0.25, 0.3) is 0 Å². The SMILES string of the molecule is C1=Cc2nccnc2I=C1. The fourth-order valence-electron chi connectivity index (χ4n) is 0.751. The van der Waals surface area contributed by atoms with Gasteiger partial charge in [0.05, 0.1) is 5.69 Å². The number of nitrogens with zero attached hydrogens (tertiary/aromatic N) is 2. The van der Waals surface area contributed by atoms with Crippen LogP contribution in [0.4, 0.5) is 0 Å². The molecule has 50 valence electrons. The monoisotopic (exact) mass is 244 g/mol. The molecule has 0 saturated carbocycles. The predicted octanol–water partition coefficient (Wildman–Crippen LogP) is 1.45. The van der Waals surface area contributed by atoms with Crippen LogP contribution in [0.15, 0.2) is 18.5 Å². The highest BCUT2D eigenvalue weighted by atomic mass is 127. The number of hydrogen-bond acceptors (Lipinski definition) is 2. The first-order valence-electron chi connectivity index (χ1n) is 2.91. The van der Waals surface area contributed by atoms with Gasteiger partial charge >= 0.3 is 0 Å². The summed E-state index contributed by atoms with van der Waals surface area (Å²) in [6.45, 7) is 0. The minimum absolute atomic E-state index is 0.00958. The molecule has 2 rings (SSSR count). The van der Waals surface area contributed by atoms with Gasteiger partial charge in [0, 0.05) is 12.4 Å². The Morgan fingerprint density at radius 2 is 2.10 bits per heavy atom. The molecule has 0 unspecified atom stereocenters. The lowest BCUT2D eigenvalue weighted by Gasteiger charge is -1.98. The molecule has 0 amide bonds. The van der Waals surface area contributed by atoms with Gasteiger partial charge in [0.1, 0.15) is 3.70 Å². The topological polar surface area (TPSA) is 25.8 Å².